The molecule has 14 heavy (non-hydrogen) atoms. The molecule has 0 aromatic rings. The van der Waals surface area contributed by atoms with E-state index in [2.05, 4.69) is 0 Å². The van der Waals surface area contributed by atoms with E-state index in [9.17, 15) is 8.78 Å². The molecule has 1 rings (SSSR count). The van der Waals surface area contributed by atoms with E-state index in [1.165, 1.54) is 0 Å². The van der Waals surface area contributed by atoms with Gasteiger partial charge in [0.25, 0.3) is 6.43 Å². The second-order valence-corrected chi connectivity index (χ2v) is 3.55. The van der Waals surface area contributed by atoms with Gasteiger partial charge in [-0.3, -0.25) is 4.90 Å². The molecule has 0 saturated carbocycles. The van der Waals surface area contributed by atoms with E-state index in [1.807, 2.05) is 0 Å². The lowest BCUT2D eigenvalue weighted by Crippen LogP contribution is -2.45. The van der Waals surface area contributed by atoms with Gasteiger partial charge in [0.1, 0.15) is 0 Å². The molecule has 1 fully saturated rings. The quantitative estimate of drug-likeness (QED) is 0.722. The van der Waals surface area contributed by atoms with Crippen LogP contribution in [0.2, 0.25) is 0 Å². The summed E-state index contributed by atoms with van der Waals surface area (Å²) in [6.07, 6.45) is -0.398. The Morgan fingerprint density at radius 3 is 2.79 bits per heavy atom. The van der Waals surface area contributed by atoms with Crippen molar-refractivity contribution in [3.63, 3.8) is 0 Å². The summed E-state index contributed by atoms with van der Waals surface area (Å²) in [4.78, 5) is 1.74. The van der Waals surface area contributed by atoms with Gasteiger partial charge in [-0.25, -0.2) is 8.78 Å². The predicted molar refractivity (Wildman–Crippen MR) is 50.5 cm³/mol. The first kappa shape index (κ1) is 11.8. The molecule has 1 aliphatic heterocycles. The van der Waals surface area contributed by atoms with Gasteiger partial charge in [-0.2, -0.15) is 0 Å². The summed E-state index contributed by atoms with van der Waals surface area (Å²) in [5.74, 6) is 0. The zero-order valence-corrected chi connectivity index (χ0v) is 8.29. The number of halogens is 2. The number of nitrogens with two attached hydrogens (primary N) is 1. The van der Waals surface area contributed by atoms with Crippen LogP contribution in [0, 0.1) is 0 Å². The Morgan fingerprint density at radius 2 is 2.29 bits per heavy atom. The lowest BCUT2D eigenvalue weighted by Gasteiger charge is -2.33. The number of hydrogen-bond acceptors (Lipinski definition) is 3. The lowest BCUT2D eigenvalue weighted by atomic mass is 10.1. The first-order valence-corrected chi connectivity index (χ1v) is 5.04. The third kappa shape index (κ3) is 3.86. The van der Waals surface area contributed by atoms with Crippen LogP contribution < -0.4 is 5.73 Å². The second-order valence-electron chi connectivity index (χ2n) is 3.55. The highest BCUT2D eigenvalue weighted by molar-refractivity contribution is 4.75. The van der Waals surface area contributed by atoms with E-state index in [4.69, 9.17) is 10.5 Å². The Morgan fingerprint density at radius 1 is 1.50 bits per heavy atom. The minimum atomic E-state index is -2.29. The molecule has 1 heterocycles. The maximum Gasteiger partial charge on any atom is 0.251 e. The van der Waals surface area contributed by atoms with E-state index >= 15 is 0 Å². The molecule has 1 unspecified atom stereocenters. The van der Waals surface area contributed by atoms with E-state index in [-0.39, 0.29) is 12.6 Å². The van der Waals surface area contributed by atoms with Crippen LogP contribution in [-0.2, 0) is 4.74 Å². The molecule has 0 aromatic heterocycles. The minimum Gasteiger partial charge on any atom is -0.380 e. The smallest absolute Gasteiger partial charge is 0.251 e. The first-order valence-electron chi connectivity index (χ1n) is 5.04. The van der Waals surface area contributed by atoms with Gasteiger partial charge in [-0.05, 0) is 12.8 Å². The number of hydrogen-bond donors (Lipinski definition) is 1. The molecule has 1 saturated heterocycles. The molecular formula is C9H18F2N2O. The van der Waals surface area contributed by atoms with Crippen molar-refractivity contribution in [3.8, 4) is 0 Å². The molecule has 5 heteroatoms. The van der Waals surface area contributed by atoms with Gasteiger partial charge >= 0.3 is 0 Å². The Hall–Kier alpha value is -0.260. The minimum absolute atomic E-state index is 0.126. The molecule has 1 atom stereocenters. The molecule has 2 N–H and O–H groups in total. The third-order valence-electron chi connectivity index (χ3n) is 2.44. The van der Waals surface area contributed by atoms with E-state index < -0.39 is 6.43 Å². The molecule has 0 spiro atoms. The van der Waals surface area contributed by atoms with Gasteiger partial charge in [-0.1, -0.05) is 0 Å². The molecule has 1 aliphatic rings. The summed E-state index contributed by atoms with van der Waals surface area (Å²) >= 11 is 0. The van der Waals surface area contributed by atoms with Crippen LogP contribution in [0.3, 0.4) is 0 Å². The molecule has 84 valence electrons. The zero-order valence-electron chi connectivity index (χ0n) is 8.29. The number of nitrogens with zero attached hydrogens (tertiary/aromatic N) is 1. The molecule has 0 amide bonds. The Bertz CT molecular complexity index is 152. The largest absolute Gasteiger partial charge is 0.380 e. The standard InChI is InChI=1S/C9H18F2N2O/c10-9(11)6-13(4-3-12)8-2-1-5-14-7-8/h8-9H,1-7,12H2. The van der Waals surface area contributed by atoms with Crippen molar-refractivity contribution in [2.24, 2.45) is 5.73 Å². The van der Waals surface area contributed by atoms with Crippen LogP contribution >= 0.6 is 0 Å². The number of alkyl halides is 2. The highest BCUT2D eigenvalue weighted by atomic mass is 19.3. The Labute approximate surface area is 83.2 Å². The van der Waals surface area contributed by atoms with Crippen LogP contribution in [0.4, 0.5) is 8.78 Å². The van der Waals surface area contributed by atoms with E-state index in [0.29, 0.717) is 19.7 Å². The summed E-state index contributed by atoms with van der Waals surface area (Å²) in [7, 11) is 0. The summed E-state index contributed by atoms with van der Waals surface area (Å²) in [6, 6.07) is 0.126. The van der Waals surface area contributed by atoms with E-state index in [0.717, 1.165) is 19.4 Å². The van der Waals surface area contributed by atoms with Gasteiger partial charge in [0.2, 0.25) is 0 Å². The van der Waals surface area contributed by atoms with Gasteiger partial charge in [-0.15, -0.1) is 0 Å². The fourth-order valence-corrected chi connectivity index (χ4v) is 1.78. The van der Waals surface area contributed by atoms with Crippen LogP contribution in [0.15, 0.2) is 0 Å². The molecular weight excluding hydrogens is 190 g/mol. The monoisotopic (exact) mass is 208 g/mol. The van der Waals surface area contributed by atoms with Crippen molar-refractivity contribution in [3.05, 3.63) is 0 Å². The number of rotatable bonds is 5. The molecule has 0 aromatic carbocycles. The van der Waals surface area contributed by atoms with Gasteiger partial charge in [0.05, 0.1) is 13.2 Å². The van der Waals surface area contributed by atoms with Gasteiger partial charge in [0.15, 0.2) is 0 Å². The zero-order chi connectivity index (χ0) is 10.4. The van der Waals surface area contributed by atoms with Crippen molar-refractivity contribution in [1.82, 2.24) is 4.90 Å². The van der Waals surface area contributed by atoms with Crippen molar-refractivity contribution < 1.29 is 13.5 Å². The summed E-state index contributed by atoms with van der Waals surface area (Å²) in [5, 5.41) is 0. The van der Waals surface area contributed by atoms with Crippen LogP contribution in [0.1, 0.15) is 12.8 Å². The molecule has 0 bridgehead atoms. The molecule has 0 aliphatic carbocycles. The van der Waals surface area contributed by atoms with Crippen molar-refractivity contribution in [1.29, 1.82) is 0 Å². The Kier molecular flexibility index (Phi) is 5.29. The average Bonchev–Trinajstić information content (AvgIpc) is 2.18. The van der Waals surface area contributed by atoms with E-state index in [1.54, 1.807) is 4.90 Å². The fourth-order valence-electron chi connectivity index (χ4n) is 1.78. The lowest BCUT2D eigenvalue weighted by molar-refractivity contribution is -0.00550. The SMILES string of the molecule is NCCN(CC(F)F)C1CCCOC1. The fraction of sp³-hybridized carbons (Fsp3) is 1.00. The van der Waals surface area contributed by atoms with Gasteiger partial charge in [0, 0.05) is 25.7 Å². The van der Waals surface area contributed by atoms with Crippen molar-refractivity contribution >= 4 is 0 Å². The van der Waals surface area contributed by atoms with Crippen LogP contribution in [0.25, 0.3) is 0 Å². The first-order chi connectivity index (χ1) is 6.74. The summed E-state index contributed by atoms with van der Waals surface area (Å²) in [6.45, 7) is 2.07. The highest BCUT2D eigenvalue weighted by Crippen LogP contribution is 2.14. The van der Waals surface area contributed by atoms with Crippen molar-refractivity contribution in [2.45, 2.75) is 25.3 Å². The third-order valence-corrected chi connectivity index (χ3v) is 2.44. The Balaban J connectivity index is 2.38. The molecule has 0 radical (unpaired) electrons. The van der Waals surface area contributed by atoms with Crippen molar-refractivity contribution in [2.75, 3.05) is 32.8 Å². The van der Waals surface area contributed by atoms with Gasteiger partial charge < -0.3 is 10.5 Å². The predicted octanol–water partition coefficient (Wildman–Crippen LogP) is 0.691. The highest BCUT2D eigenvalue weighted by Gasteiger charge is 2.23. The number of ether oxygens (including phenoxy) is 1. The van der Waals surface area contributed by atoms with Crippen LogP contribution in [-0.4, -0.2) is 50.2 Å². The summed E-state index contributed by atoms with van der Waals surface area (Å²) < 4.78 is 29.7. The van der Waals surface area contributed by atoms with Crippen LogP contribution in [0.5, 0.6) is 0 Å². The average molecular weight is 208 g/mol. The summed E-state index contributed by atoms with van der Waals surface area (Å²) in [5.41, 5.74) is 5.38. The maximum atomic E-state index is 12.2. The molecule has 3 nitrogen and oxygen atoms in total. The normalized spacial score (nSPS) is 23.4. The maximum absolute atomic E-state index is 12.2. The topological polar surface area (TPSA) is 38.5 Å². The second kappa shape index (κ2) is 6.27.